The summed E-state index contributed by atoms with van der Waals surface area (Å²) < 4.78 is 43.1. The van der Waals surface area contributed by atoms with E-state index in [4.69, 9.17) is 16.3 Å². The van der Waals surface area contributed by atoms with Gasteiger partial charge in [0.05, 0.1) is 30.4 Å². The second kappa shape index (κ2) is 4.78. The summed E-state index contributed by atoms with van der Waals surface area (Å²) in [6, 6.07) is 2.84. The molecule has 1 aromatic carbocycles. The lowest BCUT2D eigenvalue weighted by molar-refractivity contribution is -0.138. The predicted octanol–water partition coefficient (Wildman–Crippen LogP) is 2.49. The summed E-state index contributed by atoms with van der Waals surface area (Å²) in [7, 11) is 0. The fourth-order valence-corrected chi connectivity index (χ4v) is 1.70. The van der Waals surface area contributed by atoms with Crippen LogP contribution in [-0.2, 0) is 10.9 Å². The summed E-state index contributed by atoms with van der Waals surface area (Å²) in [4.78, 5) is 11.7. The van der Waals surface area contributed by atoms with Gasteiger partial charge in [-0.25, -0.2) is 0 Å². The first-order valence-corrected chi connectivity index (χ1v) is 5.51. The van der Waals surface area contributed by atoms with Gasteiger partial charge >= 0.3 is 6.18 Å². The molecule has 1 amide bonds. The molecule has 1 aliphatic heterocycles. The van der Waals surface area contributed by atoms with Crippen LogP contribution < -0.4 is 5.32 Å². The van der Waals surface area contributed by atoms with Gasteiger partial charge in [0.15, 0.2) is 0 Å². The molecule has 98 valence electrons. The van der Waals surface area contributed by atoms with Gasteiger partial charge in [-0.05, 0) is 18.2 Å². The Morgan fingerprint density at radius 3 is 2.56 bits per heavy atom. The topological polar surface area (TPSA) is 38.3 Å². The molecule has 2 rings (SSSR count). The van der Waals surface area contributed by atoms with Gasteiger partial charge < -0.3 is 10.1 Å². The second-order valence-electron chi connectivity index (χ2n) is 3.90. The maximum Gasteiger partial charge on any atom is 0.417 e. The van der Waals surface area contributed by atoms with Crippen LogP contribution in [0.4, 0.5) is 13.2 Å². The van der Waals surface area contributed by atoms with Crippen molar-refractivity contribution in [1.29, 1.82) is 0 Å². The minimum atomic E-state index is -4.62. The normalized spacial score (nSPS) is 16.2. The molecule has 0 aliphatic carbocycles. The van der Waals surface area contributed by atoms with E-state index < -0.39 is 23.2 Å². The van der Waals surface area contributed by atoms with Gasteiger partial charge in [0.2, 0.25) is 0 Å². The summed E-state index contributed by atoms with van der Waals surface area (Å²) in [5, 5.41) is 2.39. The zero-order chi connectivity index (χ0) is 13.3. The highest BCUT2D eigenvalue weighted by Gasteiger charge is 2.36. The van der Waals surface area contributed by atoms with Crippen molar-refractivity contribution in [3.63, 3.8) is 0 Å². The summed E-state index contributed by atoms with van der Waals surface area (Å²) in [6.45, 7) is 0.640. The van der Waals surface area contributed by atoms with E-state index in [1.54, 1.807) is 0 Å². The number of ether oxygens (including phenoxy) is 1. The highest BCUT2D eigenvalue weighted by molar-refractivity contribution is 6.30. The molecule has 1 heterocycles. The molecular formula is C11H9ClF3NO2. The average molecular weight is 280 g/mol. The third-order valence-corrected chi connectivity index (χ3v) is 2.74. The van der Waals surface area contributed by atoms with Crippen molar-refractivity contribution in [2.24, 2.45) is 0 Å². The standard InChI is InChI=1S/C11H9ClF3NO2/c12-6-1-2-8(9(3-6)11(13,14)15)10(17)16-7-4-18-5-7/h1-3,7H,4-5H2,(H,16,17). The Morgan fingerprint density at radius 1 is 1.39 bits per heavy atom. The first-order valence-electron chi connectivity index (χ1n) is 5.13. The molecule has 0 radical (unpaired) electrons. The minimum Gasteiger partial charge on any atom is -0.377 e. The van der Waals surface area contributed by atoms with Crippen LogP contribution in [0.25, 0.3) is 0 Å². The second-order valence-corrected chi connectivity index (χ2v) is 4.33. The fraction of sp³-hybridized carbons (Fsp3) is 0.364. The van der Waals surface area contributed by atoms with Crippen molar-refractivity contribution in [3.05, 3.63) is 34.3 Å². The molecular weight excluding hydrogens is 271 g/mol. The average Bonchev–Trinajstić information content (AvgIpc) is 2.22. The molecule has 1 aliphatic rings. The Kier molecular flexibility index (Phi) is 3.49. The van der Waals surface area contributed by atoms with Gasteiger partial charge in [-0.1, -0.05) is 11.6 Å². The van der Waals surface area contributed by atoms with Crippen LogP contribution in [0.3, 0.4) is 0 Å². The lowest BCUT2D eigenvalue weighted by atomic mass is 10.1. The van der Waals surface area contributed by atoms with Crippen LogP contribution in [0.2, 0.25) is 5.02 Å². The van der Waals surface area contributed by atoms with E-state index in [2.05, 4.69) is 5.32 Å². The number of carbonyl (C=O) groups excluding carboxylic acids is 1. The number of hydrogen-bond donors (Lipinski definition) is 1. The quantitative estimate of drug-likeness (QED) is 0.903. The van der Waals surface area contributed by atoms with Gasteiger partial charge in [-0.15, -0.1) is 0 Å². The maximum absolute atomic E-state index is 12.8. The number of halogens is 4. The van der Waals surface area contributed by atoms with Crippen LogP contribution in [0.1, 0.15) is 15.9 Å². The zero-order valence-corrected chi connectivity index (χ0v) is 9.81. The summed E-state index contributed by atoms with van der Waals surface area (Å²) in [6.07, 6.45) is -4.62. The van der Waals surface area contributed by atoms with Crippen LogP contribution in [0, 0.1) is 0 Å². The van der Waals surface area contributed by atoms with Crippen molar-refractivity contribution in [2.45, 2.75) is 12.2 Å². The smallest absolute Gasteiger partial charge is 0.377 e. The number of alkyl halides is 3. The van der Waals surface area contributed by atoms with Gasteiger partial charge in [-0.2, -0.15) is 13.2 Å². The predicted molar refractivity (Wildman–Crippen MR) is 58.5 cm³/mol. The molecule has 0 aromatic heterocycles. The van der Waals surface area contributed by atoms with Crippen molar-refractivity contribution in [3.8, 4) is 0 Å². The number of amides is 1. The highest BCUT2D eigenvalue weighted by Crippen LogP contribution is 2.33. The highest BCUT2D eigenvalue weighted by atomic mass is 35.5. The third kappa shape index (κ3) is 2.76. The van der Waals surface area contributed by atoms with Crippen molar-refractivity contribution in [1.82, 2.24) is 5.32 Å². The summed E-state index contributed by atoms with van der Waals surface area (Å²) >= 11 is 5.52. The van der Waals surface area contributed by atoms with Crippen molar-refractivity contribution in [2.75, 3.05) is 13.2 Å². The van der Waals surface area contributed by atoms with E-state index in [1.165, 1.54) is 6.07 Å². The van der Waals surface area contributed by atoms with E-state index in [1.807, 2.05) is 0 Å². The number of hydrogen-bond acceptors (Lipinski definition) is 2. The van der Waals surface area contributed by atoms with Gasteiger partial charge in [0.25, 0.3) is 5.91 Å². The molecule has 1 fully saturated rings. The molecule has 0 bridgehead atoms. The van der Waals surface area contributed by atoms with Gasteiger partial charge in [-0.3, -0.25) is 4.79 Å². The zero-order valence-electron chi connectivity index (χ0n) is 9.05. The number of benzene rings is 1. The fourth-order valence-electron chi connectivity index (χ4n) is 1.53. The Bertz CT molecular complexity index is 472. The van der Waals surface area contributed by atoms with Crippen LogP contribution >= 0.6 is 11.6 Å². The van der Waals surface area contributed by atoms with Crippen LogP contribution in [-0.4, -0.2) is 25.2 Å². The van der Waals surface area contributed by atoms with E-state index in [9.17, 15) is 18.0 Å². The molecule has 0 atom stereocenters. The van der Waals surface area contributed by atoms with E-state index in [-0.39, 0.29) is 11.1 Å². The Balaban J connectivity index is 2.28. The Hall–Kier alpha value is -1.27. The molecule has 1 N–H and O–H groups in total. The molecule has 3 nitrogen and oxygen atoms in total. The van der Waals surface area contributed by atoms with E-state index in [0.717, 1.165) is 12.1 Å². The molecule has 7 heteroatoms. The van der Waals surface area contributed by atoms with Crippen LogP contribution in [0.15, 0.2) is 18.2 Å². The summed E-state index contributed by atoms with van der Waals surface area (Å²) in [5.41, 5.74) is -1.47. The molecule has 1 saturated heterocycles. The number of nitrogens with one attached hydrogen (secondary N) is 1. The SMILES string of the molecule is O=C(NC1COC1)c1ccc(Cl)cc1C(F)(F)F. The van der Waals surface area contributed by atoms with Gasteiger partial charge in [0, 0.05) is 5.02 Å². The molecule has 18 heavy (non-hydrogen) atoms. The van der Waals surface area contributed by atoms with E-state index in [0.29, 0.717) is 13.2 Å². The molecule has 0 spiro atoms. The third-order valence-electron chi connectivity index (χ3n) is 2.50. The Labute approximate surface area is 106 Å². The van der Waals surface area contributed by atoms with Crippen molar-refractivity contribution >= 4 is 17.5 Å². The van der Waals surface area contributed by atoms with E-state index >= 15 is 0 Å². The van der Waals surface area contributed by atoms with Crippen molar-refractivity contribution < 1.29 is 22.7 Å². The lowest BCUT2D eigenvalue weighted by Gasteiger charge is -2.27. The monoisotopic (exact) mass is 279 g/mol. The molecule has 0 saturated carbocycles. The molecule has 0 unspecified atom stereocenters. The molecule has 1 aromatic rings. The number of carbonyl (C=O) groups is 1. The Morgan fingerprint density at radius 2 is 2.06 bits per heavy atom. The maximum atomic E-state index is 12.8. The lowest BCUT2D eigenvalue weighted by Crippen LogP contribution is -2.48. The first kappa shape index (κ1) is 13.2. The van der Waals surface area contributed by atoms with Gasteiger partial charge in [0.1, 0.15) is 0 Å². The van der Waals surface area contributed by atoms with Crippen LogP contribution in [0.5, 0.6) is 0 Å². The largest absolute Gasteiger partial charge is 0.417 e. The number of rotatable bonds is 2. The first-order chi connectivity index (χ1) is 8.38. The minimum absolute atomic E-state index is 0.0640. The summed E-state index contributed by atoms with van der Waals surface area (Å²) in [5.74, 6) is -0.771.